The largest absolute Gasteiger partial charge is 0.434 e. The lowest BCUT2D eigenvalue weighted by Crippen LogP contribution is -2.19. The van der Waals surface area contributed by atoms with Crippen molar-refractivity contribution in [2.75, 3.05) is 6.61 Å². The summed E-state index contributed by atoms with van der Waals surface area (Å²) in [5.74, 6) is 0.365. The molecule has 0 bridgehead atoms. The van der Waals surface area contributed by atoms with Gasteiger partial charge in [-0.3, -0.25) is 68.8 Å². The molecule has 0 aliphatic carbocycles. The van der Waals surface area contributed by atoms with Crippen LogP contribution in [0.15, 0.2) is 217 Å². The molecule has 0 radical (unpaired) electrons. The van der Waals surface area contributed by atoms with Crippen molar-refractivity contribution in [3.63, 3.8) is 0 Å². The number of hydrogen-bond donors (Lipinski definition) is 14. The lowest BCUT2D eigenvalue weighted by Gasteiger charge is -2.07. The highest BCUT2D eigenvalue weighted by molar-refractivity contribution is 6.01. The van der Waals surface area contributed by atoms with E-state index in [0.29, 0.717) is 113 Å². The highest BCUT2D eigenvalue weighted by Gasteiger charge is 2.19. The van der Waals surface area contributed by atoms with Gasteiger partial charge in [0.15, 0.2) is 23.0 Å². The number of para-hydroxylation sites is 2. The van der Waals surface area contributed by atoms with E-state index in [-0.39, 0.29) is 67.3 Å². The molecule has 0 spiro atoms. The molecular weight excluding hydrogens is 1450 g/mol. The highest BCUT2D eigenvalue weighted by atomic mass is 16.5. The molecule has 568 valence electrons. The Morgan fingerprint density at radius 1 is 0.442 bits per heavy atom. The molecule has 0 fully saturated rings. The van der Waals surface area contributed by atoms with Gasteiger partial charge >= 0.3 is 0 Å². The van der Waals surface area contributed by atoms with Crippen molar-refractivity contribution in [2.45, 2.75) is 40.5 Å². The molecule has 9 aromatic carbocycles. The number of aliphatic hydroxyl groups excluding tert-OH is 1. The van der Waals surface area contributed by atoms with E-state index in [1.807, 2.05) is 114 Å². The number of nitrogens with zero attached hydrogens (tertiary/aromatic N) is 8. The molecule has 0 aliphatic rings. The number of hydroxylamine groups is 4. The average Bonchev–Trinajstić information content (AvgIpc) is 1.73. The number of ketones is 1. The normalized spacial score (nSPS) is 10.9. The lowest BCUT2D eigenvalue weighted by atomic mass is 10.1. The summed E-state index contributed by atoms with van der Waals surface area (Å²) in [6.07, 6.45) is 2.76. The second-order valence-electron chi connectivity index (χ2n) is 25.8. The fourth-order valence-electron chi connectivity index (χ4n) is 11.8. The van der Waals surface area contributed by atoms with Crippen LogP contribution in [0, 0.1) is 19.8 Å². The summed E-state index contributed by atoms with van der Waals surface area (Å²) >= 11 is 0. The van der Waals surface area contributed by atoms with Crippen molar-refractivity contribution in [2.24, 2.45) is 13.0 Å². The molecular formula is C80H67N17O16. The first kappa shape index (κ1) is 77.6. The molecule has 7 heterocycles. The molecule has 16 aromatic rings. The Bertz CT molecular complexity index is 6710. The zero-order valence-corrected chi connectivity index (χ0v) is 60.4. The van der Waals surface area contributed by atoms with Gasteiger partial charge in [0.2, 0.25) is 0 Å². The monoisotopic (exact) mass is 1520 g/mol. The number of amides is 4. The summed E-state index contributed by atoms with van der Waals surface area (Å²) in [7, 11) is 1.82. The zero-order chi connectivity index (χ0) is 80.3. The molecule has 7 aromatic heterocycles. The number of fused-ring (bicyclic) bond motifs is 7. The van der Waals surface area contributed by atoms with E-state index in [0.717, 1.165) is 33.3 Å². The van der Waals surface area contributed by atoms with E-state index in [2.05, 4.69) is 59.8 Å². The van der Waals surface area contributed by atoms with Crippen molar-refractivity contribution in [1.29, 1.82) is 0 Å². The minimum absolute atomic E-state index is 0.158. The number of Topliss-reactive ketones (excluding diaryl/α,β-unsaturated/α-hetero) is 1. The fraction of sp³-hybridized carbons (Fsp3) is 0.113. The number of aromatic nitrogens is 13. The van der Waals surface area contributed by atoms with Crippen molar-refractivity contribution in [3.05, 3.63) is 296 Å². The zero-order valence-electron chi connectivity index (χ0n) is 60.4. The maximum Gasteiger partial charge on any atom is 0.274 e. The molecule has 14 N–H and O–H groups in total. The minimum Gasteiger partial charge on any atom is -0.434 e. The molecule has 16 rings (SSSR count). The number of benzene rings is 9. The summed E-state index contributed by atoms with van der Waals surface area (Å²) < 4.78 is 7.39. The summed E-state index contributed by atoms with van der Waals surface area (Å²) in [5.41, 5.74) is 12.8. The van der Waals surface area contributed by atoms with Crippen LogP contribution in [0.5, 0.6) is 0 Å². The number of rotatable bonds is 13. The van der Waals surface area contributed by atoms with Gasteiger partial charge in [-0.1, -0.05) is 92.7 Å². The fourth-order valence-corrected chi connectivity index (χ4v) is 11.8. The Morgan fingerprint density at radius 3 is 1.36 bits per heavy atom. The van der Waals surface area contributed by atoms with Gasteiger partial charge in [0.1, 0.15) is 41.1 Å². The number of aryl methyl sites for hydroxylation is 2. The number of oxazole rings is 1. The predicted octanol–water partition coefficient (Wildman–Crippen LogP) is 8.70. The van der Waals surface area contributed by atoms with Crippen LogP contribution in [-0.4, -0.2) is 126 Å². The second kappa shape index (κ2) is 34.0. The molecule has 33 heteroatoms. The molecule has 0 saturated carbocycles. The van der Waals surface area contributed by atoms with Crippen LogP contribution >= 0.6 is 0 Å². The number of carbonyl (C=O) groups excluding carboxylic acids is 5. The number of hydrogen-bond acceptors (Lipinski definition) is 23. The van der Waals surface area contributed by atoms with E-state index < -0.39 is 36.0 Å². The van der Waals surface area contributed by atoms with Crippen LogP contribution in [0.4, 0.5) is 0 Å². The summed E-state index contributed by atoms with van der Waals surface area (Å²) in [4.78, 5) is 162. The van der Waals surface area contributed by atoms with E-state index in [9.17, 15) is 47.9 Å². The van der Waals surface area contributed by atoms with E-state index in [1.165, 1.54) is 84.9 Å². The van der Waals surface area contributed by atoms with Crippen LogP contribution < -0.4 is 49.7 Å². The Labute approximate surface area is 634 Å². The summed E-state index contributed by atoms with van der Waals surface area (Å²) in [6.45, 7) is 7.32. The van der Waals surface area contributed by atoms with Crippen LogP contribution in [0.3, 0.4) is 0 Å². The number of imidazole rings is 1. The number of H-pyrrole nitrogens is 5. The average molecular weight is 1520 g/mol. The summed E-state index contributed by atoms with van der Waals surface area (Å²) in [5, 5.41) is 47.8. The van der Waals surface area contributed by atoms with Gasteiger partial charge in [0.05, 0.1) is 60.7 Å². The van der Waals surface area contributed by atoms with Gasteiger partial charge in [-0.15, -0.1) is 0 Å². The van der Waals surface area contributed by atoms with Crippen LogP contribution in [0.1, 0.15) is 94.2 Å². The number of aromatic amines is 5. The van der Waals surface area contributed by atoms with Gasteiger partial charge in [0.25, 0.3) is 57.3 Å². The predicted molar refractivity (Wildman–Crippen MR) is 416 cm³/mol. The van der Waals surface area contributed by atoms with Gasteiger partial charge < -0.3 is 39.0 Å². The van der Waals surface area contributed by atoms with Crippen molar-refractivity contribution < 1.29 is 54.3 Å². The molecule has 0 atom stereocenters. The first-order valence-electron chi connectivity index (χ1n) is 34.4. The quantitative estimate of drug-likeness (QED) is 0.0291. The van der Waals surface area contributed by atoms with E-state index in [1.54, 1.807) is 50.9 Å². The van der Waals surface area contributed by atoms with Crippen molar-refractivity contribution in [3.8, 4) is 34.6 Å². The molecule has 0 unspecified atom stereocenters. The first-order chi connectivity index (χ1) is 54.4. The highest BCUT2D eigenvalue weighted by Crippen LogP contribution is 2.26. The SMILES string of the molecule is CC(C)Cc1nc2cc(C(=O)NO)ccc2c(=O)[nH]1.Cc1ccccc1Cc1nc2cc(C(=O)NO)ccc2c(=O)[nH]1.Cc1ncc(-c2nc3cc(C(=O)NO)ccc3c(=O)[nH]2)n1C.O=C(CO)c1ccc2c(=O)[nH]c(-c3ccc4ccccc4c3)nc2c1.O=C(NO)c1ccc2c(=O)[nH]c(-c3nc4ccccc4o3)nc2c1. The topological polar surface area (TPSA) is 507 Å². The Morgan fingerprint density at radius 2 is 0.867 bits per heavy atom. The van der Waals surface area contributed by atoms with Gasteiger partial charge in [-0.2, -0.15) is 0 Å². The lowest BCUT2D eigenvalue weighted by molar-refractivity contribution is 0.0702. The Balaban J connectivity index is 0.000000131. The molecule has 0 saturated heterocycles. The standard InChI is InChI=1S/C20H14N2O3.C17H15N3O3.C16H10N4O4.C14H13N5O3.C13H15N3O3/c23-11-18(24)14-7-8-16-17(10-14)21-19(22-20(16)25)15-6-5-12-3-1-2-4-13(12)9-15;1-10-4-2-3-5-11(10)9-15-18-14-8-12(16(21)20-23)6-7-13(14)17(22)19-15;21-14(20-23)8-5-6-9-11(7-8)17-13(19-15(9)22)16-18-10-3-1-2-4-12(10)24-16;1-7-15-6-11(19(7)2)12-16-10-5-8(13(20)18-22)3-4-9(10)14(21)17-12;1-7(2)5-11-14-10-6-8(12(17)16-19)3-4-9(10)13(18)15-11/h1-10,23H,11H2,(H,21,22,25);2-8,23H,9H2,1H3,(H,20,21)(H,18,19,22);1-7,23H,(H,20,21)(H,17,19,22);3-6,22H,1-2H3,(H,18,20)(H,16,17,21);3-4,6-7,19H,5H2,1-2H3,(H,16,17)(H,14,15,18). The van der Waals surface area contributed by atoms with Crippen LogP contribution in [-0.2, 0) is 19.9 Å². The van der Waals surface area contributed by atoms with Gasteiger partial charge in [-0.25, -0.2) is 56.8 Å². The van der Waals surface area contributed by atoms with Gasteiger partial charge in [0, 0.05) is 53.3 Å². The third kappa shape index (κ3) is 17.6. The minimum atomic E-state index is -0.692. The third-order valence-electron chi connectivity index (χ3n) is 17.8. The van der Waals surface area contributed by atoms with E-state index >= 15 is 0 Å². The Kier molecular flexibility index (Phi) is 23.4. The molecule has 113 heavy (non-hydrogen) atoms. The second-order valence-corrected chi connectivity index (χ2v) is 25.8. The number of aliphatic hydroxyl groups is 1. The maximum absolute atomic E-state index is 12.4. The summed E-state index contributed by atoms with van der Waals surface area (Å²) in [6, 6.07) is 51.0. The van der Waals surface area contributed by atoms with Crippen molar-refractivity contribution in [1.82, 2.24) is 86.3 Å². The van der Waals surface area contributed by atoms with Gasteiger partial charge in [-0.05, 0) is 145 Å². The first-order valence-corrected chi connectivity index (χ1v) is 34.4. The smallest absolute Gasteiger partial charge is 0.274 e. The molecule has 33 nitrogen and oxygen atoms in total. The maximum atomic E-state index is 12.4. The molecule has 4 amide bonds. The van der Waals surface area contributed by atoms with Crippen LogP contribution in [0.25, 0.3) is 111 Å². The molecule has 0 aliphatic heterocycles. The van der Waals surface area contributed by atoms with Crippen molar-refractivity contribution >= 4 is 106 Å². The number of nitrogens with one attached hydrogen (secondary N) is 9. The van der Waals surface area contributed by atoms with E-state index in [4.69, 9.17) is 30.4 Å². The Hall–Kier alpha value is -15.0. The third-order valence-corrected chi connectivity index (χ3v) is 17.8. The van der Waals surface area contributed by atoms with Crippen LogP contribution in [0.2, 0.25) is 0 Å². The number of carbonyl (C=O) groups is 5.